The number of rotatable bonds is 6. The molecule has 2 aromatic carbocycles. The Hall–Kier alpha value is -3.26. The molecule has 9 heteroatoms. The summed E-state index contributed by atoms with van der Waals surface area (Å²) in [5, 5.41) is 14.2. The van der Waals surface area contributed by atoms with Crippen LogP contribution >= 0.6 is 12.4 Å². The van der Waals surface area contributed by atoms with Crippen LogP contribution in [-0.4, -0.2) is 36.1 Å². The van der Waals surface area contributed by atoms with E-state index in [-0.39, 0.29) is 30.2 Å². The second-order valence-electron chi connectivity index (χ2n) is 10.4. The second kappa shape index (κ2) is 10.6. The number of tetrazole rings is 1. The molecule has 2 aliphatic carbocycles. The minimum absolute atomic E-state index is 0. The Bertz CT molecular complexity index is 1320. The van der Waals surface area contributed by atoms with E-state index in [1.807, 2.05) is 42.5 Å². The SMILES string of the molecule is Cl.NC(=O)C(C1CCCCC1)(C1CCCCC1)n1c(-c2ccc(-c3nnn[nH]3)cc2)nc2ccccc21. The molecule has 1 amide bonds. The van der Waals surface area contributed by atoms with Gasteiger partial charge in [0.2, 0.25) is 5.91 Å². The quantitative estimate of drug-likeness (QED) is 0.341. The highest BCUT2D eigenvalue weighted by Crippen LogP contribution is 2.50. The largest absolute Gasteiger partial charge is 0.368 e. The van der Waals surface area contributed by atoms with Crippen LogP contribution in [0, 0.1) is 11.8 Å². The van der Waals surface area contributed by atoms with Crippen LogP contribution in [0.4, 0.5) is 0 Å². The van der Waals surface area contributed by atoms with Crippen molar-refractivity contribution in [1.29, 1.82) is 0 Å². The van der Waals surface area contributed by atoms with Gasteiger partial charge >= 0.3 is 0 Å². The third-order valence-corrected chi connectivity index (χ3v) is 8.54. The number of nitrogens with two attached hydrogens (primary N) is 1. The van der Waals surface area contributed by atoms with E-state index < -0.39 is 5.54 Å². The molecule has 2 fully saturated rings. The van der Waals surface area contributed by atoms with E-state index in [0.29, 0.717) is 5.82 Å². The normalized spacial score (nSPS) is 17.5. The molecule has 0 bridgehead atoms. The molecule has 194 valence electrons. The molecule has 0 aliphatic heterocycles. The summed E-state index contributed by atoms with van der Waals surface area (Å²) < 4.78 is 2.27. The fraction of sp³-hybridized carbons (Fsp3) is 0.464. The number of nitrogens with zero attached hydrogens (tertiary/aromatic N) is 5. The van der Waals surface area contributed by atoms with Crippen molar-refractivity contribution in [1.82, 2.24) is 30.2 Å². The van der Waals surface area contributed by atoms with Crippen LogP contribution < -0.4 is 5.73 Å². The minimum atomic E-state index is -0.792. The number of amides is 1. The number of H-pyrrole nitrogens is 1. The van der Waals surface area contributed by atoms with Gasteiger partial charge in [-0.05, 0) is 60.1 Å². The van der Waals surface area contributed by atoms with E-state index in [1.165, 1.54) is 12.8 Å². The fourth-order valence-electron chi connectivity index (χ4n) is 6.95. The molecule has 2 aromatic heterocycles. The Kier molecular flexibility index (Phi) is 7.29. The van der Waals surface area contributed by atoms with Gasteiger partial charge in [0.15, 0.2) is 5.82 Å². The monoisotopic (exact) mass is 519 g/mol. The smallest absolute Gasteiger partial charge is 0.244 e. The lowest BCUT2D eigenvalue weighted by atomic mass is 9.63. The zero-order valence-electron chi connectivity index (χ0n) is 21.0. The lowest BCUT2D eigenvalue weighted by Crippen LogP contribution is -2.58. The second-order valence-corrected chi connectivity index (χ2v) is 10.4. The van der Waals surface area contributed by atoms with Gasteiger partial charge in [0, 0.05) is 11.1 Å². The summed E-state index contributed by atoms with van der Waals surface area (Å²) in [5.74, 6) is 1.65. The van der Waals surface area contributed by atoms with Gasteiger partial charge < -0.3 is 10.3 Å². The van der Waals surface area contributed by atoms with E-state index in [9.17, 15) is 4.79 Å². The number of hydrogen-bond donors (Lipinski definition) is 2. The first-order chi connectivity index (χ1) is 17.7. The molecule has 3 N–H and O–H groups in total. The minimum Gasteiger partial charge on any atom is -0.368 e. The average Bonchev–Trinajstić information content (AvgIpc) is 3.60. The Balaban J connectivity index is 0.00000280. The van der Waals surface area contributed by atoms with Gasteiger partial charge in [0.05, 0.1) is 11.0 Å². The van der Waals surface area contributed by atoms with Gasteiger partial charge in [0.1, 0.15) is 11.4 Å². The zero-order valence-corrected chi connectivity index (χ0v) is 21.8. The molecule has 2 saturated carbocycles. The van der Waals surface area contributed by atoms with Crippen LogP contribution in [0.15, 0.2) is 48.5 Å². The highest BCUT2D eigenvalue weighted by atomic mass is 35.5. The molecule has 37 heavy (non-hydrogen) atoms. The summed E-state index contributed by atoms with van der Waals surface area (Å²) in [4.78, 5) is 19.0. The molecular weight excluding hydrogens is 486 g/mol. The number of carbonyl (C=O) groups is 1. The number of carbonyl (C=O) groups excluding carboxylic acids is 1. The Labute approximate surface area is 222 Å². The number of halogens is 1. The van der Waals surface area contributed by atoms with Gasteiger partial charge in [-0.25, -0.2) is 10.1 Å². The number of hydrogen-bond acceptors (Lipinski definition) is 5. The summed E-state index contributed by atoms with van der Waals surface area (Å²) in [6.45, 7) is 0. The topological polar surface area (TPSA) is 115 Å². The van der Waals surface area contributed by atoms with Crippen LogP contribution in [0.3, 0.4) is 0 Å². The van der Waals surface area contributed by atoms with E-state index in [4.69, 9.17) is 10.7 Å². The predicted molar refractivity (Wildman–Crippen MR) is 146 cm³/mol. The molecule has 6 rings (SSSR count). The molecule has 0 unspecified atom stereocenters. The van der Waals surface area contributed by atoms with Gasteiger partial charge in [-0.1, -0.05) is 74.9 Å². The van der Waals surface area contributed by atoms with Crippen molar-refractivity contribution >= 4 is 29.3 Å². The van der Waals surface area contributed by atoms with Crippen molar-refractivity contribution in [3.05, 3.63) is 48.5 Å². The van der Waals surface area contributed by atoms with Crippen molar-refractivity contribution in [3.63, 3.8) is 0 Å². The van der Waals surface area contributed by atoms with Crippen molar-refractivity contribution in [3.8, 4) is 22.8 Å². The summed E-state index contributed by atoms with van der Waals surface area (Å²) in [5.41, 5.74) is 9.49. The number of nitrogens with one attached hydrogen (secondary N) is 1. The Morgan fingerprint density at radius 3 is 2.03 bits per heavy atom. The van der Waals surface area contributed by atoms with Crippen LogP contribution in [0.25, 0.3) is 33.8 Å². The molecule has 2 heterocycles. The molecule has 2 aliphatic rings. The van der Waals surface area contributed by atoms with Crippen LogP contribution in [-0.2, 0) is 10.3 Å². The number of aromatic nitrogens is 6. The third-order valence-electron chi connectivity index (χ3n) is 8.54. The van der Waals surface area contributed by atoms with Crippen LogP contribution in [0.5, 0.6) is 0 Å². The third kappa shape index (κ3) is 4.31. The number of primary amides is 1. The Morgan fingerprint density at radius 2 is 1.46 bits per heavy atom. The van der Waals surface area contributed by atoms with Gasteiger partial charge in [-0.2, -0.15) is 0 Å². The highest BCUT2D eigenvalue weighted by molar-refractivity contribution is 5.90. The van der Waals surface area contributed by atoms with Crippen molar-refractivity contribution in [2.24, 2.45) is 17.6 Å². The number of para-hydroxylation sites is 2. The lowest BCUT2D eigenvalue weighted by molar-refractivity contribution is -0.135. The van der Waals surface area contributed by atoms with Crippen molar-refractivity contribution in [2.75, 3.05) is 0 Å². The first kappa shape index (κ1) is 25.4. The van der Waals surface area contributed by atoms with Gasteiger partial charge in [-0.3, -0.25) is 4.79 Å². The number of imidazole rings is 1. The predicted octanol–water partition coefficient (Wildman–Crippen LogP) is 5.65. The Morgan fingerprint density at radius 1 is 0.865 bits per heavy atom. The summed E-state index contributed by atoms with van der Waals surface area (Å²) in [6.07, 6.45) is 11.2. The summed E-state index contributed by atoms with van der Waals surface area (Å²) in [6, 6.07) is 16.3. The lowest BCUT2D eigenvalue weighted by Gasteiger charge is -2.48. The van der Waals surface area contributed by atoms with E-state index in [2.05, 4.69) is 31.3 Å². The molecule has 0 spiro atoms. The van der Waals surface area contributed by atoms with Crippen molar-refractivity contribution in [2.45, 2.75) is 69.7 Å². The highest BCUT2D eigenvalue weighted by Gasteiger charge is 2.53. The molecule has 0 radical (unpaired) electrons. The number of aromatic amines is 1. The van der Waals surface area contributed by atoms with Crippen LogP contribution in [0.1, 0.15) is 64.2 Å². The molecular formula is C28H34ClN7O. The molecule has 4 aromatic rings. The maximum Gasteiger partial charge on any atom is 0.244 e. The van der Waals surface area contributed by atoms with Crippen LogP contribution in [0.2, 0.25) is 0 Å². The van der Waals surface area contributed by atoms with Gasteiger partial charge in [0.25, 0.3) is 0 Å². The average molecular weight is 520 g/mol. The first-order valence-corrected chi connectivity index (χ1v) is 13.3. The van der Waals surface area contributed by atoms with Crippen molar-refractivity contribution < 1.29 is 4.79 Å². The van der Waals surface area contributed by atoms with E-state index in [0.717, 1.165) is 79.4 Å². The summed E-state index contributed by atoms with van der Waals surface area (Å²) >= 11 is 0. The standard InChI is InChI=1S/C28H33N7O.ClH/c29-27(36)28(21-9-3-1-4-10-21,22-11-5-2-6-12-22)35-24-14-8-7-13-23(24)30-26(35)20-17-15-19(16-18-20)25-31-33-34-32-25;/h7-8,13-18,21-22H,1-6,9-12H2,(H2,29,36)(H,31,32,33,34);1H. The zero-order chi connectivity index (χ0) is 24.5. The van der Waals surface area contributed by atoms with E-state index >= 15 is 0 Å². The number of fused-ring (bicyclic) bond motifs is 1. The maximum atomic E-state index is 13.9. The molecule has 8 nitrogen and oxygen atoms in total. The van der Waals surface area contributed by atoms with E-state index in [1.54, 1.807) is 0 Å². The molecule has 0 saturated heterocycles. The molecule has 0 atom stereocenters. The first-order valence-electron chi connectivity index (χ1n) is 13.3. The maximum absolute atomic E-state index is 13.9. The number of benzene rings is 2. The van der Waals surface area contributed by atoms with Gasteiger partial charge in [-0.15, -0.1) is 17.5 Å². The summed E-state index contributed by atoms with van der Waals surface area (Å²) in [7, 11) is 0. The fourth-order valence-corrected chi connectivity index (χ4v) is 6.95.